The van der Waals surface area contributed by atoms with Crippen LogP contribution in [0.5, 0.6) is 0 Å². The third kappa shape index (κ3) is 2.59. The van der Waals surface area contributed by atoms with E-state index in [0.717, 1.165) is 0 Å². The summed E-state index contributed by atoms with van der Waals surface area (Å²) in [5, 5.41) is 0.336. The second-order valence-electron chi connectivity index (χ2n) is 2.07. The van der Waals surface area contributed by atoms with Gasteiger partial charge >= 0.3 is 0 Å². The van der Waals surface area contributed by atoms with Crippen LogP contribution in [0.2, 0.25) is 9.62 Å². The number of aromatic nitrogens is 1. The number of nitrogens with zero attached hydrogens (tertiary/aromatic N) is 1. The average Bonchev–Trinajstić information content (AvgIpc) is 2.26. The highest BCUT2D eigenvalue weighted by Gasteiger charge is 2.03. The predicted octanol–water partition coefficient (Wildman–Crippen LogP) is 3.05. The van der Waals surface area contributed by atoms with Gasteiger partial charge in [-0.2, -0.15) is 0 Å². The standard InChI is InChI=1S/C7H5Cl2NOS/c1-4(11)2-3-5-6(8)10-7(9)12-5/h2-3H,1H3/b3-2+. The van der Waals surface area contributed by atoms with Crippen LogP contribution < -0.4 is 0 Å². The van der Waals surface area contributed by atoms with Crippen molar-refractivity contribution in [2.45, 2.75) is 6.92 Å². The summed E-state index contributed by atoms with van der Waals surface area (Å²) in [6.07, 6.45) is 3.03. The smallest absolute Gasteiger partial charge is 0.185 e. The molecule has 1 heterocycles. The Labute approximate surface area is 83.8 Å². The lowest BCUT2D eigenvalue weighted by Gasteiger charge is -1.82. The largest absolute Gasteiger partial charge is 0.295 e. The van der Waals surface area contributed by atoms with Crippen LogP contribution in [0.4, 0.5) is 0 Å². The number of rotatable bonds is 2. The zero-order valence-electron chi connectivity index (χ0n) is 6.17. The fraction of sp³-hybridized carbons (Fsp3) is 0.143. The molecule has 12 heavy (non-hydrogen) atoms. The molecule has 0 aliphatic carbocycles. The van der Waals surface area contributed by atoms with E-state index in [1.807, 2.05) is 0 Å². The van der Waals surface area contributed by atoms with Crippen molar-refractivity contribution in [1.82, 2.24) is 4.98 Å². The third-order valence-corrected chi connectivity index (χ3v) is 2.58. The summed E-state index contributed by atoms with van der Waals surface area (Å²) in [5.74, 6) is -0.0319. The summed E-state index contributed by atoms with van der Waals surface area (Å²) < 4.78 is 0.378. The average molecular weight is 222 g/mol. The molecule has 0 saturated carbocycles. The predicted molar refractivity (Wildman–Crippen MR) is 51.8 cm³/mol. The van der Waals surface area contributed by atoms with Crippen LogP contribution in [-0.2, 0) is 4.79 Å². The molecular weight excluding hydrogens is 217 g/mol. The summed E-state index contributed by atoms with van der Waals surface area (Å²) >= 11 is 12.5. The Balaban J connectivity index is 2.89. The number of carbonyl (C=O) groups excluding carboxylic acids is 1. The van der Waals surface area contributed by atoms with Gasteiger partial charge in [-0.25, -0.2) is 4.98 Å². The van der Waals surface area contributed by atoms with Crippen LogP contribution in [0, 0.1) is 0 Å². The molecule has 2 nitrogen and oxygen atoms in total. The summed E-state index contributed by atoms with van der Waals surface area (Å²) in [6.45, 7) is 1.47. The fourth-order valence-electron chi connectivity index (χ4n) is 0.584. The van der Waals surface area contributed by atoms with Crippen LogP contribution in [0.1, 0.15) is 11.8 Å². The van der Waals surface area contributed by atoms with Crippen LogP contribution in [0.25, 0.3) is 6.08 Å². The van der Waals surface area contributed by atoms with E-state index in [4.69, 9.17) is 23.2 Å². The molecule has 0 fully saturated rings. The lowest BCUT2D eigenvalue weighted by Crippen LogP contribution is -1.78. The highest BCUT2D eigenvalue weighted by atomic mass is 35.5. The first-order valence-corrected chi connectivity index (χ1v) is 4.67. The maximum absolute atomic E-state index is 10.6. The number of allylic oxidation sites excluding steroid dienone is 1. The topological polar surface area (TPSA) is 30.0 Å². The molecule has 0 bridgehead atoms. The van der Waals surface area contributed by atoms with E-state index in [2.05, 4.69) is 4.98 Å². The minimum atomic E-state index is -0.0319. The minimum Gasteiger partial charge on any atom is -0.295 e. The number of ketones is 1. The molecule has 0 aliphatic rings. The molecule has 0 aliphatic heterocycles. The van der Waals surface area contributed by atoms with Crippen molar-refractivity contribution in [3.8, 4) is 0 Å². The lowest BCUT2D eigenvalue weighted by atomic mass is 10.4. The highest BCUT2D eigenvalue weighted by molar-refractivity contribution is 7.17. The number of hydrogen-bond acceptors (Lipinski definition) is 3. The molecule has 0 aromatic carbocycles. The zero-order chi connectivity index (χ0) is 9.14. The SMILES string of the molecule is CC(=O)/C=C/c1sc(Cl)nc1Cl. The van der Waals surface area contributed by atoms with Gasteiger partial charge in [0, 0.05) is 0 Å². The highest BCUT2D eigenvalue weighted by Crippen LogP contribution is 2.27. The third-order valence-electron chi connectivity index (χ3n) is 1.05. The Hall–Kier alpha value is -0.380. The van der Waals surface area contributed by atoms with Gasteiger partial charge in [-0.15, -0.1) is 11.3 Å². The molecule has 1 aromatic rings. The molecule has 0 atom stereocenters. The number of halogens is 2. The Morgan fingerprint density at radius 2 is 2.25 bits per heavy atom. The van der Waals surface area contributed by atoms with Gasteiger partial charge in [0.05, 0.1) is 4.88 Å². The second-order valence-corrected chi connectivity index (χ2v) is 4.04. The summed E-state index contributed by atoms with van der Waals surface area (Å²) in [4.78, 5) is 15.0. The lowest BCUT2D eigenvalue weighted by molar-refractivity contribution is -0.112. The molecule has 1 aromatic heterocycles. The molecule has 5 heteroatoms. The van der Waals surface area contributed by atoms with Gasteiger partial charge in [-0.1, -0.05) is 23.2 Å². The van der Waals surface area contributed by atoms with Crippen LogP contribution in [0.3, 0.4) is 0 Å². The van der Waals surface area contributed by atoms with E-state index in [0.29, 0.717) is 14.5 Å². The van der Waals surface area contributed by atoms with Crippen molar-refractivity contribution >= 4 is 46.4 Å². The van der Waals surface area contributed by atoms with Crippen molar-refractivity contribution in [1.29, 1.82) is 0 Å². The maximum Gasteiger partial charge on any atom is 0.185 e. The number of carbonyl (C=O) groups is 1. The normalized spacial score (nSPS) is 10.9. The Morgan fingerprint density at radius 3 is 2.67 bits per heavy atom. The van der Waals surface area contributed by atoms with Crippen LogP contribution in [0.15, 0.2) is 6.08 Å². The number of hydrogen-bond donors (Lipinski definition) is 0. The second kappa shape index (κ2) is 4.03. The molecule has 0 unspecified atom stereocenters. The molecular formula is C7H5Cl2NOS. The summed E-state index contributed by atoms with van der Waals surface area (Å²) in [7, 11) is 0. The Bertz CT molecular complexity index is 332. The van der Waals surface area contributed by atoms with Crippen molar-refractivity contribution in [2.24, 2.45) is 0 Å². The molecule has 0 amide bonds. The van der Waals surface area contributed by atoms with E-state index in [9.17, 15) is 4.79 Å². The van der Waals surface area contributed by atoms with Crippen LogP contribution in [-0.4, -0.2) is 10.8 Å². The van der Waals surface area contributed by atoms with E-state index in [-0.39, 0.29) is 5.78 Å². The van der Waals surface area contributed by atoms with Crippen LogP contribution >= 0.6 is 34.5 Å². The monoisotopic (exact) mass is 221 g/mol. The van der Waals surface area contributed by atoms with Gasteiger partial charge in [0.2, 0.25) is 0 Å². The molecule has 1 rings (SSSR count). The zero-order valence-corrected chi connectivity index (χ0v) is 8.50. The van der Waals surface area contributed by atoms with Gasteiger partial charge in [0.1, 0.15) is 5.15 Å². The maximum atomic E-state index is 10.6. The van der Waals surface area contributed by atoms with Crippen molar-refractivity contribution < 1.29 is 4.79 Å². The number of thiazole rings is 1. The van der Waals surface area contributed by atoms with Gasteiger partial charge < -0.3 is 0 Å². The van der Waals surface area contributed by atoms with Gasteiger partial charge in [-0.05, 0) is 19.1 Å². The first-order valence-electron chi connectivity index (χ1n) is 3.10. The minimum absolute atomic E-state index is 0.0319. The Morgan fingerprint density at radius 1 is 1.58 bits per heavy atom. The van der Waals surface area contributed by atoms with Gasteiger partial charge in [0.15, 0.2) is 10.3 Å². The summed E-state index contributed by atoms with van der Waals surface area (Å²) in [6, 6.07) is 0. The van der Waals surface area contributed by atoms with E-state index >= 15 is 0 Å². The van der Waals surface area contributed by atoms with E-state index < -0.39 is 0 Å². The van der Waals surface area contributed by atoms with Crippen molar-refractivity contribution in [3.63, 3.8) is 0 Å². The molecule has 0 saturated heterocycles. The molecule has 0 spiro atoms. The van der Waals surface area contributed by atoms with E-state index in [1.54, 1.807) is 6.08 Å². The summed E-state index contributed by atoms with van der Waals surface area (Å²) in [5.41, 5.74) is 0. The molecule has 0 radical (unpaired) electrons. The van der Waals surface area contributed by atoms with Gasteiger partial charge in [-0.3, -0.25) is 4.79 Å². The fourth-order valence-corrected chi connectivity index (χ4v) is 1.86. The van der Waals surface area contributed by atoms with Crippen molar-refractivity contribution in [3.05, 3.63) is 20.6 Å². The Kier molecular flexibility index (Phi) is 3.26. The first-order chi connectivity index (χ1) is 5.59. The molecule has 64 valence electrons. The quantitative estimate of drug-likeness (QED) is 0.719. The van der Waals surface area contributed by atoms with E-state index in [1.165, 1.54) is 24.3 Å². The molecule has 0 N–H and O–H groups in total. The first kappa shape index (κ1) is 9.71. The van der Waals surface area contributed by atoms with Crippen molar-refractivity contribution in [2.75, 3.05) is 0 Å². The van der Waals surface area contributed by atoms with Gasteiger partial charge in [0.25, 0.3) is 0 Å².